The molecule has 134 valence electrons. The minimum absolute atomic E-state index is 0.0224. The quantitative estimate of drug-likeness (QED) is 0.612. The van der Waals surface area contributed by atoms with Gasteiger partial charge in [-0.2, -0.15) is 4.31 Å². The van der Waals surface area contributed by atoms with Crippen LogP contribution in [0.1, 0.15) is 5.56 Å². The third-order valence-corrected chi connectivity index (χ3v) is 5.73. The second-order valence-electron chi connectivity index (χ2n) is 5.51. The zero-order valence-corrected chi connectivity index (χ0v) is 14.2. The fourth-order valence-electron chi connectivity index (χ4n) is 2.54. The fraction of sp³-hybridized carbons (Fsp3) is 0.375. The van der Waals surface area contributed by atoms with Crippen molar-refractivity contribution >= 4 is 27.2 Å². The normalized spacial score (nSPS) is 16.6. The van der Waals surface area contributed by atoms with Gasteiger partial charge >= 0.3 is 5.63 Å². The Kier molecular flexibility index (Phi) is 5.16. The van der Waals surface area contributed by atoms with E-state index in [1.165, 1.54) is 4.31 Å². The van der Waals surface area contributed by atoms with Gasteiger partial charge in [0.15, 0.2) is 0 Å². The van der Waals surface area contributed by atoms with Crippen LogP contribution in [-0.4, -0.2) is 62.6 Å². The van der Waals surface area contributed by atoms with Crippen LogP contribution < -0.4 is 5.63 Å². The molecule has 1 aromatic heterocycles. The molecule has 1 aliphatic rings. The van der Waals surface area contributed by atoms with Gasteiger partial charge in [0.2, 0.25) is 10.0 Å². The summed E-state index contributed by atoms with van der Waals surface area (Å²) in [5.41, 5.74) is -0.546. The van der Waals surface area contributed by atoms with Gasteiger partial charge < -0.3 is 14.3 Å². The van der Waals surface area contributed by atoms with Gasteiger partial charge in [-0.3, -0.25) is 4.99 Å². The highest BCUT2D eigenvalue weighted by Crippen LogP contribution is 2.24. The number of para-hydroxylation sites is 1. The van der Waals surface area contributed by atoms with E-state index in [2.05, 4.69) is 4.99 Å². The lowest BCUT2D eigenvalue weighted by atomic mass is 10.1. The maximum Gasteiger partial charge on any atom is 0.348 e. The Labute approximate surface area is 144 Å². The van der Waals surface area contributed by atoms with Crippen molar-refractivity contribution in [3.8, 4) is 5.75 Å². The van der Waals surface area contributed by atoms with Crippen molar-refractivity contribution in [2.24, 2.45) is 4.99 Å². The number of rotatable bonds is 5. The summed E-state index contributed by atoms with van der Waals surface area (Å²) >= 11 is 0. The molecule has 0 aliphatic carbocycles. The van der Waals surface area contributed by atoms with Crippen LogP contribution in [0.15, 0.2) is 38.5 Å². The lowest BCUT2D eigenvalue weighted by Gasteiger charge is -2.25. The SMILES string of the molecule is O=c1oc2ccccc2c(O)c1C=NCCS(=O)(=O)N1CCOCC1. The molecule has 0 atom stereocenters. The van der Waals surface area contributed by atoms with Gasteiger partial charge in [0, 0.05) is 19.3 Å². The van der Waals surface area contributed by atoms with Gasteiger partial charge in [0.25, 0.3) is 0 Å². The molecule has 0 amide bonds. The summed E-state index contributed by atoms with van der Waals surface area (Å²) in [4.78, 5) is 15.9. The van der Waals surface area contributed by atoms with Gasteiger partial charge in [-0.05, 0) is 12.1 Å². The minimum atomic E-state index is -3.42. The van der Waals surface area contributed by atoms with Crippen LogP contribution in [0, 0.1) is 0 Å². The molecule has 1 aromatic carbocycles. The smallest absolute Gasteiger partial charge is 0.348 e. The molecular formula is C16H18N2O6S. The molecular weight excluding hydrogens is 348 g/mol. The number of aromatic hydroxyl groups is 1. The highest BCUT2D eigenvalue weighted by Gasteiger charge is 2.23. The number of hydrogen-bond acceptors (Lipinski definition) is 7. The summed E-state index contributed by atoms with van der Waals surface area (Å²) in [6, 6.07) is 6.59. The molecule has 2 aromatic rings. The number of benzene rings is 1. The summed E-state index contributed by atoms with van der Waals surface area (Å²) in [7, 11) is -3.42. The van der Waals surface area contributed by atoms with Crippen molar-refractivity contribution in [2.45, 2.75) is 0 Å². The standard InChI is InChI=1S/C16H18N2O6S/c19-15-12-3-1-2-4-14(12)24-16(20)13(15)11-17-5-10-25(21,22)18-6-8-23-9-7-18/h1-4,11,19H,5-10H2. The summed E-state index contributed by atoms with van der Waals surface area (Å²) in [6.07, 6.45) is 1.16. The zero-order chi connectivity index (χ0) is 17.9. The predicted octanol–water partition coefficient (Wildman–Crippen LogP) is 0.579. The third-order valence-electron chi connectivity index (χ3n) is 3.88. The lowest BCUT2D eigenvalue weighted by Crippen LogP contribution is -2.42. The highest BCUT2D eigenvalue weighted by molar-refractivity contribution is 7.89. The Hall–Kier alpha value is -2.23. The Balaban J connectivity index is 1.72. The third kappa shape index (κ3) is 3.89. The van der Waals surface area contributed by atoms with Crippen LogP contribution in [-0.2, 0) is 14.8 Å². The van der Waals surface area contributed by atoms with E-state index < -0.39 is 15.6 Å². The first kappa shape index (κ1) is 17.6. The van der Waals surface area contributed by atoms with E-state index >= 15 is 0 Å². The van der Waals surface area contributed by atoms with E-state index in [4.69, 9.17) is 9.15 Å². The van der Waals surface area contributed by atoms with Crippen LogP contribution in [0.2, 0.25) is 0 Å². The van der Waals surface area contributed by atoms with E-state index in [0.29, 0.717) is 31.7 Å². The predicted molar refractivity (Wildman–Crippen MR) is 92.8 cm³/mol. The molecule has 2 heterocycles. The molecule has 1 aliphatic heterocycles. The van der Waals surface area contributed by atoms with Gasteiger partial charge in [0.05, 0.1) is 30.9 Å². The van der Waals surface area contributed by atoms with E-state index in [9.17, 15) is 18.3 Å². The van der Waals surface area contributed by atoms with Crippen molar-refractivity contribution < 1.29 is 22.7 Å². The van der Waals surface area contributed by atoms with E-state index in [1.807, 2.05) is 0 Å². The van der Waals surface area contributed by atoms with Crippen LogP contribution in [0.25, 0.3) is 11.0 Å². The number of nitrogens with zero attached hydrogens (tertiary/aromatic N) is 2. The van der Waals surface area contributed by atoms with Crippen molar-refractivity contribution in [1.29, 1.82) is 0 Å². The van der Waals surface area contributed by atoms with Crippen LogP contribution >= 0.6 is 0 Å². The van der Waals surface area contributed by atoms with Crippen molar-refractivity contribution in [3.63, 3.8) is 0 Å². The topological polar surface area (TPSA) is 109 Å². The molecule has 25 heavy (non-hydrogen) atoms. The molecule has 0 bridgehead atoms. The molecule has 0 radical (unpaired) electrons. The first-order valence-corrected chi connectivity index (χ1v) is 9.40. The number of ether oxygens (including phenoxy) is 1. The summed E-state index contributed by atoms with van der Waals surface area (Å²) in [5.74, 6) is -0.407. The highest BCUT2D eigenvalue weighted by atomic mass is 32.2. The molecule has 8 nitrogen and oxygen atoms in total. The monoisotopic (exact) mass is 366 g/mol. The molecule has 1 N–H and O–H groups in total. The van der Waals surface area contributed by atoms with Crippen LogP contribution in [0.5, 0.6) is 5.75 Å². The summed E-state index contributed by atoms with van der Waals surface area (Å²) < 4.78 is 36.0. The average molecular weight is 366 g/mol. The number of aliphatic imine (C=N–C) groups is 1. The van der Waals surface area contributed by atoms with E-state index in [-0.39, 0.29) is 29.2 Å². The van der Waals surface area contributed by atoms with Gasteiger partial charge in [-0.25, -0.2) is 13.2 Å². The van der Waals surface area contributed by atoms with Gasteiger partial charge in [-0.15, -0.1) is 0 Å². The molecule has 1 saturated heterocycles. The molecule has 3 rings (SSSR count). The van der Waals surface area contributed by atoms with Crippen LogP contribution in [0.3, 0.4) is 0 Å². The van der Waals surface area contributed by atoms with E-state index in [0.717, 1.165) is 6.21 Å². The van der Waals surface area contributed by atoms with Crippen molar-refractivity contribution in [2.75, 3.05) is 38.6 Å². The first-order chi connectivity index (χ1) is 12.0. The Morgan fingerprint density at radius 2 is 1.96 bits per heavy atom. The Bertz CT molecular complexity index is 945. The van der Waals surface area contributed by atoms with Crippen molar-refractivity contribution in [1.82, 2.24) is 4.31 Å². The number of morpholine rings is 1. The number of sulfonamides is 1. The largest absolute Gasteiger partial charge is 0.506 e. The Morgan fingerprint density at radius 3 is 2.72 bits per heavy atom. The zero-order valence-electron chi connectivity index (χ0n) is 13.4. The fourth-order valence-corrected chi connectivity index (χ4v) is 3.84. The maximum absolute atomic E-state index is 12.2. The molecule has 0 spiro atoms. The van der Waals surface area contributed by atoms with E-state index in [1.54, 1.807) is 24.3 Å². The second-order valence-corrected chi connectivity index (χ2v) is 7.60. The minimum Gasteiger partial charge on any atom is -0.506 e. The van der Waals surface area contributed by atoms with Crippen molar-refractivity contribution in [3.05, 3.63) is 40.2 Å². The van der Waals surface area contributed by atoms with Gasteiger partial charge in [-0.1, -0.05) is 12.1 Å². The number of hydrogen-bond donors (Lipinski definition) is 1. The maximum atomic E-state index is 12.2. The molecule has 1 fully saturated rings. The van der Waals surface area contributed by atoms with Gasteiger partial charge in [0.1, 0.15) is 16.9 Å². The molecule has 0 saturated carbocycles. The number of fused-ring (bicyclic) bond motifs is 1. The average Bonchev–Trinajstić information content (AvgIpc) is 2.61. The first-order valence-electron chi connectivity index (χ1n) is 7.79. The lowest BCUT2D eigenvalue weighted by molar-refractivity contribution is 0.0731. The summed E-state index contributed by atoms with van der Waals surface area (Å²) in [5, 5.41) is 10.6. The summed E-state index contributed by atoms with van der Waals surface area (Å²) in [6.45, 7) is 1.41. The van der Waals surface area contributed by atoms with Crippen LogP contribution in [0.4, 0.5) is 0 Å². The molecule has 9 heteroatoms. The Morgan fingerprint density at radius 1 is 1.24 bits per heavy atom. The molecule has 0 unspecified atom stereocenters. The second kappa shape index (κ2) is 7.34.